The first kappa shape index (κ1) is 24.9. The van der Waals surface area contributed by atoms with Gasteiger partial charge in [-0.15, -0.1) is 0 Å². The Morgan fingerprint density at radius 3 is 1.49 bits per heavy atom. The highest BCUT2D eigenvalue weighted by atomic mass is 15.0. The fourth-order valence-corrected chi connectivity index (χ4v) is 8.19. The molecule has 0 spiro atoms. The lowest BCUT2D eigenvalue weighted by molar-refractivity contribution is 0.593. The van der Waals surface area contributed by atoms with E-state index in [-0.39, 0.29) is 10.8 Å². The maximum absolute atomic E-state index is 2.65. The second-order valence-electron chi connectivity index (χ2n) is 13.7. The number of hydrogen-bond acceptors (Lipinski definition) is 0. The van der Waals surface area contributed by atoms with Crippen LogP contribution in [0.2, 0.25) is 0 Å². The zero-order valence-corrected chi connectivity index (χ0v) is 25.3. The summed E-state index contributed by atoms with van der Waals surface area (Å²) < 4.78 is 2.65. The van der Waals surface area contributed by atoms with E-state index >= 15 is 0 Å². The Balaban J connectivity index is 1.49. The molecule has 5 aromatic carbocycles. The van der Waals surface area contributed by atoms with E-state index in [1.807, 2.05) is 0 Å². The van der Waals surface area contributed by atoms with Crippen molar-refractivity contribution in [3.8, 4) is 27.9 Å². The second kappa shape index (κ2) is 8.48. The summed E-state index contributed by atoms with van der Waals surface area (Å²) in [5.74, 6) is 0. The minimum atomic E-state index is -0.158. The standard InChI is InChI=1S/C42H35N/c1-41(2)34-22-29(26-14-8-5-9-15-26)20-32-33-21-30(27-16-10-6-11-17-27)23-35-39(33)43(38(32)34)40-36(41)24-31(25-37(40)42(35,3)4)28-18-12-7-13-19-28/h5-12,14-18,20-25H,13,19H2,1-4H3. The van der Waals surface area contributed by atoms with Crippen LogP contribution in [0.3, 0.4) is 0 Å². The van der Waals surface area contributed by atoms with Crippen molar-refractivity contribution >= 4 is 27.4 Å². The molecule has 1 aliphatic carbocycles. The van der Waals surface area contributed by atoms with Crippen molar-refractivity contribution in [2.45, 2.75) is 51.4 Å². The number of benzene rings is 5. The molecule has 2 aliphatic heterocycles. The monoisotopic (exact) mass is 553 g/mol. The summed E-state index contributed by atoms with van der Waals surface area (Å²) in [6.07, 6.45) is 9.06. The van der Waals surface area contributed by atoms with Crippen LogP contribution in [0, 0.1) is 0 Å². The lowest BCUT2D eigenvalue weighted by Gasteiger charge is -2.43. The minimum Gasteiger partial charge on any atom is -0.308 e. The van der Waals surface area contributed by atoms with Gasteiger partial charge in [0, 0.05) is 21.6 Å². The molecule has 9 rings (SSSR count). The van der Waals surface area contributed by atoms with E-state index in [2.05, 4.69) is 148 Å². The maximum Gasteiger partial charge on any atom is 0.0582 e. The molecule has 0 atom stereocenters. The first-order valence-corrected chi connectivity index (χ1v) is 15.7. The molecule has 3 heterocycles. The van der Waals surface area contributed by atoms with Gasteiger partial charge in [-0.3, -0.25) is 0 Å². The van der Waals surface area contributed by atoms with E-state index in [0.717, 1.165) is 12.8 Å². The molecular formula is C42H35N. The van der Waals surface area contributed by atoms with Crippen LogP contribution in [-0.4, -0.2) is 4.57 Å². The third-order valence-corrected chi connectivity index (χ3v) is 10.6. The third-order valence-electron chi connectivity index (χ3n) is 10.6. The van der Waals surface area contributed by atoms with Crippen LogP contribution in [0.15, 0.2) is 115 Å². The zero-order chi connectivity index (χ0) is 29.1. The molecule has 0 saturated heterocycles. The van der Waals surface area contributed by atoms with E-state index < -0.39 is 0 Å². The molecule has 0 unspecified atom stereocenters. The van der Waals surface area contributed by atoms with Gasteiger partial charge >= 0.3 is 0 Å². The van der Waals surface area contributed by atoms with Gasteiger partial charge < -0.3 is 4.57 Å². The topological polar surface area (TPSA) is 4.93 Å². The van der Waals surface area contributed by atoms with Crippen LogP contribution >= 0.6 is 0 Å². The summed E-state index contributed by atoms with van der Waals surface area (Å²) in [7, 11) is 0. The molecule has 0 N–H and O–H groups in total. The number of nitrogens with zero attached hydrogens (tertiary/aromatic N) is 1. The van der Waals surface area contributed by atoms with E-state index in [1.165, 1.54) is 83.1 Å². The zero-order valence-electron chi connectivity index (χ0n) is 25.3. The SMILES string of the molecule is CC1(C)c2cc(C3=CC=CCC3)cc3c2-n2c4c1cc(-c1ccccc1)cc4c1cc(-c4ccccc4)cc(c12)C3(C)C. The summed E-state index contributed by atoms with van der Waals surface area (Å²) in [4.78, 5) is 0. The van der Waals surface area contributed by atoms with Crippen molar-refractivity contribution in [2.75, 3.05) is 0 Å². The molecule has 3 aliphatic rings. The Bertz CT molecular complexity index is 2060. The average molecular weight is 554 g/mol. The van der Waals surface area contributed by atoms with Crippen LogP contribution in [0.4, 0.5) is 0 Å². The molecule has 0 radical (unpaired) electrons. The van der Waals surface area contributed by atoms with Crippen LogP contribution in [0.5, 0.6) is 0 Å². The molecule has 1 aromatic heterocycles. The predicted molar refractivity (Wildman–Crippen MR) is 182 cm³/mol. The summed E-state index contributed by atoms with van der Waals surface area (Å²) in [5.41, 5.74) is 17.5. The molecular weight excluding hydrogens is 518 g/mol. The first-order valence-electron chi connectivity index (χ1n) is 15.7. The maximum atomic E-state index is 2.65. The Kier molecular flexibility index (Phi) is 4.92. The van der Waals surface area contributed by atoms with Crippen molar-refractivity contribution in [3.05, 3.63) is 143 Å². The molecule has 208 valence electrons. The summed E-state index contributed by atoms with van der Waals surface area (Å²) in [6, 6.07) is 36.8. The van der Waals surface area contributed by atoms with E-state index in [4.69, 9.17) is 0 Å². The quantitative estimate of drug-likeness (QED) is 0.205. The Labute approximate surface area is 253 Å². The number of rotatable bonds is 3. The molecule has 0 bridgehead atoms. The highest BCUT2D eigenvalue weighted by Crippen LogP contribution is 2.57. The number of aromatic nitrogens is 1. The van der Waals surface area contributed by atoms with Crippen molar-refractivity contribution in [1.82, 2.24) is 4.57 Å². The Hall–Kier alpha value is -4.62. The van der Waals surface area contributed by atoms with Crippen molar-refractivity contribution in [3.63, 3.8) is 0 Å². The summed E-state index contributed by atoms with van der Waals surface area (Å²) >= 11 is 0. The lowest BCUT2D eigenvalue weighted by atomic mass is 9.67. The van der Waals surface area contributed by atoms with Crippen LogP contribution in [0.25, 0.3) is 55.3 Å². The largest absolute Gasteiger partial charge is 0.308 e. The smallest absolute Gasteiger partial charge is 0.0582 e. The normalized spacial score (nSPS) is 17.1. The lowest BCUT2D eigenvalue weighted by Crippen LogP contribution is -2.34. The van der Waals surface area contributed by atoms with Gasteiger partial charge in [-0.05, 0) is 105 Å². The third kappa shape index (κ3) is 3.28. The fraction of sp³-hybridized carbons (Fsp3) is 0.190. The number of fused-ring (bicyclic) bond motifs is 1. The highest BCUT2D eigenvalue weighted by Gasteiger charge is 2.44. The molecule has 0 fully saturated rings. The molecule has 0 saturated carbocycles. The van der Waals surface area contributed by atoms with E-state index in [1.54, 1.807) is 0 Å². The van der Waals surface area contributed by atoms with Crippen LogP contribution in [-0.2, 0) is 10.8 Å². The van der Waals surface area contributed by atoms with Crippen molar-refractivity contribution in [1.29, 1.82) is 0 Å². The van der Waals surface area contributed by atoms with Gasteiger partial charge in [0.1, 0.15) is 0 Å². The summed E-state index contributed by atoms with van der Waals surface area (Å²) in [5, 5.41) is 2.72. The minimum absolute atomic E-state index is 0.158. The van der Waals surface area contributed by atoms with Crippen LogP contribution < -0.4 is 0 Å². The number of allylic oxidation sites excluding steroid dienone is 4. The van der Waals surface area contributed by atoms with Gasteiger partial charge in [-0.25, -0.2) is 0 Å². The van der Waals surface area contributed by atoms with Crippen molar-refractivity contribution < 1.29 is 0 Å². The molecule has 43 heavy (non-hydrogen) atoms. The van der Waals surface area contributed by atoms with Crippen LogP contribution in [0.1, 0.15) is 68.4 Å². The van der Waals surface area contributed by atoms with Gasteiger partial charge in [0.15, 0.2) is 0 Å². The van der Waals surface area contributed by atoms with Gasteiger partial charge in [0.25, 0.3) is 0 Å². The second-order valence-corrected chi connectivity index (χ2v) is 13.7. The van der Waals surface area contributed by atoms with E-state index in [0.29, 0.717) is 0 Å². The highest BCUT2D eigenvalue weighted by molar-refractivity contribution is 6.16. The number of hydrogen-bond donors (Lipinski definition) is 0. The van der Waals surface area contributed by atoms with Gasteiger partial charge in [0.05, 0.1) is 16.7 Å². The predicted octanol–water partition coefficient (Wildman–Crippen LogP) is 11.1. The van der Waals surface area contributed by atoms with E-state index in [9.17, 15) is 0 Å². The van der Waals surface area contributed by atoms with Gasteiger partial charge in [0.2, 0.25) is 0 Å². The van der Waals surface area contributed by atoms with Gasteiger partial charge in [-0.1, -0.05) is 107 Å². The molecule has 1 heteroatoms. The molecule has 6 aromatic rings. The fourth-order valence-electron chi connectivity index (χ4n) is 8.19. The Morgan fingerprint density at radius 1 is 0.535 bits per heavy atom. The first-order chi connectivity index (χ1) is 20.8. The van der Waals surface area contributed by atoms with Gasteiger partial charge in [-0.2, -0.15) is 0 Å². The molecule has 1 nitrogen and oxygen atoms in total. The average Bonchev–Trinajstić information content (AvgIpc) is 3.37. The van der Waals surface area contributed by atoms with Crippen molar-refractivity contribution in [2.24, 2.45) is 0 Å². The molecule has 0 amide bonds. The Morgan fingerprint density at radius 2 is 1.02 bits per heavy atom. The summed E-state index contributed by atoms with van der Waals surface area (Å²) in [6.45, 7) is 9.79.